The molecule has 41 heavy (non-hydrogen) atoms. The molecule has 1 aliphatic heterocycles. The Bertz CT molecular complexity index is 1010. The molecule has 3 fully saturated rings. The molecule has 0 aromatic rings. The standard InChI is InChI=1S/C34H58O7/c1-12-30(7,25(35)36)21-31(8,27(38)40-24-15-13-14-18-39-24)20-23(2)19-28(3,4)26(37)41-34(11)22-32(9)16-17-33(34,10)29(32,5)6/h23-24H,12-22H2,1-11H3,(H,35,36). The highest BCUT2D eigenvalue weighted by Gasteiger charge is 2.74. The van der Waals surface area contributed by atoms with Gasteiger partial charge in [-0.3, -0.25) is 14.4 Å². The van der Waals surface area contributed by atoms with Gasteiger partial charge in [-0.25, -0.2) is 0 Å². The average Bonchev–Trinajstić information content (AvgIpc) is 3.10. The summed E-state index contributed by atoms with van der Waals surface area (Å²) in [5, 5.41) is 10.0. The van der Waals surface area contributed by atoms with Gasteiger partial charge in [-0.15, -0.1) is 0 Å². The van der Waals surface area contributed by atoms with Gasteiger partial charge in [0.2, 0.25) is 6.29 Å². The summed E-state index contributed by atoms with van der Waals surface area (Å²) in [6.07, 6.45) is 6.43. The van der Waals surface area contributed by atoms with E-state index in [0.717, 1.165) is 32.1 Å². The third kappa shape index (κ3) is 5.95. The fraction of sp³-hybridized carbons (Fsp3) is 0.912. The van der Waals surface area contributed by atoms with E-state index >= 15 is 0 Å². The predicted molar refractivity (Wildman–Crippen MR) is 159 cm³/mol. The lowest BCUT2D eigenvalue weighted by Crippen LogP contribution is -2.50. The number of carboxylic acid groups (broad SMARTS) is 1. The third-order valence-corrected chi connectivity index (χ3v) is 12.4. The quantitative estimate of drug-likeness (QED) is 0.235. The lowest BCUT2D eigenvalue weighted by molar-refractivity contribution is -0.200. The van der Waals surface area contributed by atoms with Crippen LogP contribution < -0.4 is 0 Å². The zero-order valence-electron chi connectivity index (χ0n) is 27.8. The minimum absolute atomic E-state index is 0.0605. The van der Waals surface area contributed by atoms with Crippen LogP contribution in [0.3, 0.4) is 0 Å². The largest absolute Gasteiger partial charge is 0.481 e. The lowest BCUT2D eigenvalue weighted by Gasteiger charge is -2.47. The second-order valence-corrected chi connectivity index (χ2v) is 16.4. The molecule has 3 rings (SSSR count). The maximum absolute atomic E-state index is 13.8. The van der Waals surface area contributed by atoms with E-state index in [1.807, 2.05) is 34.6 Å². The van der Waals surface area contributed by atoms with Crippen molar-refractivity contribution in [3.8, 4) is 0 Å². The second kappa shape index (κ2) is 11.1. The Morgan fingerprint density at radius 3 is 2.05 bits per heavy atom. The average molecular weight is 579 g/mol. The van der Waals surface area contributed by atoms with Crippen LogP contribution in [0.1, 0.15) is 140 Å². The molecule has 7 nitrogen and oxygen atoms in total. The molecule has 0 radical (unpaired) electrons. The number of carboxylic acids is 1. The Labute approximate surface area is 248 Å². The van der Waals surface area contributed by atoms with Crippen molar-refractivity contribution in [2.75, 3.05) is 6.61 Å². The van der Waals surface area contributed by atoms with Gasteiger partial charge in [0, 0.05) is 11.8 Å². The Kier molecular flexibility index (Phi) is 9.20. The fourth-order valence-electron chi connectivity index (χ4n) is 8.79. The molecule has 236 valence electrons. The second-order valence-electron chi connectivity index (χ2n) is 16.4. The maximum Gasteiger partial charge on any atom is 0.314 e. The molecule has 7 atom stereocenters. The van der Waals surface area contributed by atoms with E-state index < -0.39 is 40.1 Å². The molecule has 2 bridgehead atoms. The summed E-state index contributed by atoms with van der Waals surface area (Å²) in [5.74, 6) is -1.61. The van der Waals surface area contributed by atoms with E-state index in [1.165, 1.54) is 0 Å². The van der Waals surface area contributed by atoms with Crippen molar-refractivity contribution < 1.29 is 33.7 Å². The van der Waals surface area contributed by atoms with Gasteiger partial charge in [0.1, 0.15) is 5.60 Å². The molecule has 3 aliphatic rings. The first kappa shape index (κ1) is 33.9. The molecular weight excluding hydrogens is 520 g/mol. The molecule has 0 amide bonds. The van der Waals surface area contributed by atoms with E-state index in [9.17, 15) is 19.5 Å². The van der Waals surface area contributed by atoms with Crippen LogP contribution in [0.4, 0.5) is 0 Å². The summed E-state index contributed by atoms with van der Waals surface area (Å²) in [4.78, 5) is 39.7. The van der Waals surface area contributed by atoms with E-state index in [4.69, 9.17) is 14.2 Å². The molecule has 0 aromatic carbocycles. The first-order valence-corrected chi connectivity index (χ1v) is 15.9. The number of carbonyl (C=O) groups is 3. The molecular formula is C34H58O7. The van der Waals surface area contributed by atoms with E-state index in [-0.39, 0.29) is 34.6 Å². The van der Waals surface area contributed by atoms with Gasteiger partial charge < -0.3 is 19.3 Å². The van der Waals surface area contributed by atoms with Crippen LogP contribution in [0.2, 0.25) is 0 Å². The van der Waals surface area contributed by atoms with Gasteiger partial charge >= 0.3 is 17.9 Å². The van der Waals surface area contributed by atoms with Crippen molar-refractivity contribution in [3.63, 3.8) is 0 Å². The van der Waals surface area contributed by atoms with E-state index in [1.54, 1.807) is 6.92 Å². The van der Waals surface area contributed by atoms with Crippen molar-refractivity contribution in [1.82, 2.24) is 0 Å². The number of carbonyl (C=O) groups excluding carboxylic acids is 2. The number of rotatable bonds is 12. The molecule has 7 heteroatoms. The van der Waals surface area contributed by atoms with Crippen molar-refractivity contribution in [2.45, 2.75) is 152 Å². The number of hydrogen-bond acceptors (Lipinski definition) is 6. The molecule has 7 unspecified atom stereocenters. The van der Waals surface area contributed by atoms with Crippen LogP contribution in [0, 0.1) is 38.4 Å². The molecule has 2 saturated carbocycles. The minimum atomic E-state index is -1.08. The molecule has 2 aliphatic carbocycles. The van der Waals surface area contributed by atoms with Crippen LogP contribution >= 0.6 is 0 Å². The van der Waals surface area contributed by atoms with Gasteiger partial charge in [-0.1, -0.05) is 41.5 Å². The van der Waals surface area contributed by atoms with Gasteiger partial charge in [-0.05, 0) is 109 Å². The SMILES string of the molecule is CCC(C)(CC(C)(CC(C)CC(C)(C)C(=O)OC1(C)CC2(C)CCC1(C)C2(C)C)C(=O)OC1CCCCO1)C(=O)O. The molecule has 1 N–H and O–H groups in total. The number of fused-ring (bicyclic) bond motifs is 2. The number of aliphatic carboxylic acids is 1. The number of esters is 2. The predicted octanol–water partition coefficient (Wildman–Crippen LogP) is 7.93. The number of hydrogen-bond donors (Lipinski definition) is 1. The zero-order valence-corrected chi connectivity index (χ0v) is 27.8. The Morgan fingerprint density at radius 1 is 0.951 bits per heavy atom. The van der Waals surface area contributed by atoms with Crippen molar-refractivity contribution >= 4 is 17.9 Å². The normalized spacial score (nSPS) is 34.8. The molecule has 0 aromatic heterocycles. The Morgan fingerprint density at radius 2 is 1.59 bits per heavy atom. The Hall–Kier alpha value is -1.63. The van der Waals surface area contributed by atoms with Crippen LogP contribution in [-0.4, -0.2) is 41.5 Å². The van der Waals surface area contributed by atoms with Gasteiger partial charge in [-0.2, -0.15) is 0 Å². The first-order valence-electron chi connectivity index (χ1n) is 15.9. The Balaban J connectivity index is 1.76. The first-order chi connectivity index (χ1) is 18.6. The molecule has 1 heterocycles. The molecule has 0 spiro atoms. The zero-order chi connectivity index (χ0) is 31.3. The van der Waals surface area contributed by atoms with Gasteiger partial charge in [0.15, 0.2) is 0 Å². The van der Waals surface area contributed by atoms with Gasteiger partial charge in [0.05, 0.1) is 22.9 Å². The topological polar surface area (TPSA) is 99.1 Å². The van der Waals surface area contributed by atoms with E-state index in [2.05, 4.69) is 34.6 Å². The fourth-order valence-corrected chi connectivity index (χ4v) is 8.79. The summed E-state index contributed by atoms with van der Waals surface area (Å²) >= 11 is 0. The highest BCUT2D eigenvalue weighted by Crippen LogP contribution is 2.76. The van der Waals surface area contributed by atoms with Crippen molar-refractivity contribution in [2.24, 2.45) is 38.4 Å². The smallest absolute Gasteiger partial charge is 0.314 e. The van der Waals surface area contributed by atoms with Crippen LogP contribution in [0.5, 0.6) is 0 Å². The highest BCUT2D eigenvalue weighted by atomic mass is 16.7. The van der Waals surface area contributed by atoms with Crippen LogP contribution in [0.25, 0.3) is 0 Å². The number of ether oxygens (including phenoxy) is 3. The monoisotopic (exact) mass is 578 g/mol. The summed E-state index contributed by atoms with van der Waals surface area (Å²) in [6, 6.07) is 0. The third-order valence-electron chi connectivity index (χ3n) is 12.4. The summed E-state index contributed by atoms with van der Waals surface area (Å²) < 4.78 is 18.0. The van der Waals surface area contributed by atoms with Crippen LogP contribution in [0.15, 0.2) is 0 Å². The summed E-state index contributed by atoms with van der Waals surface area (Å²) in [7, 11) is 0. The summed E-state index contributed by atoms with van der Waals surface area (Å²) in [6.45, 7) is 23.2. The summed E-state index contributed by atoms with van der Waals surface area (Å²) in [5.41, 5.74) is -3.35. The maximum atomic E-state index is 13.8. The van der Waals surface area contributed by atoms with Crippen molar-refractivity contribution in [1.29, 1.82) is 0 Å². The van der Waals surface area contributed by atoms with E-state index in [0.29, 0.717) is 32.3 Å². The van der Waals surface area contributed by atoms with Crippen LogP contribution in [-0.2, 0) is 28.6 Å². The minimum Gasteiger partial charge on any atom is -0.481 e. The van der Waals surface area contributed by atoms with Crippen molar-refractivity contribution in [3.05, 3.63) is 0 Å². The van der Waals surface area contributed by atoms with Gasteiger partial charge in [0.25, 0.3) is 0 Å². The molecule has 1 saturated heterocycles. The lowest BCUT2D eigenvalue weighted by atomic mass is 9.63. The highest BCUT2D eigenvalue weighted by molar-refractivity contribution is 5.80.